The minimum atomic E-state index is -1.06. The van der Waals surface area contributed by atoms with E-state index in [1.807, 2.05) is 0 Å². The van der Waals surface area contributed by atoms with Gasteiger partial charge in [-0.1, -0.05) is 23.7 Å². The van der Waals surface area contributed by atoms with Gasteiger partial charge in [0.15, 0.2) is 0 Å². The maximum Gasteiger partial charge on any atom is 0.411 e. The van der Waals surface area contributed by atoms with Gasteiger partial charge in [-0.3, -0.25) is 9.69 Å². The highest BCUT2D eigenvalue weighted by Gasteiger charge is 2.33. The van der Waals surface area contributed by atoms with Crippen LogP contribution in [0.4, 0.5) is 4.79 Å². The molecule has 1 heterocycles. The standard InChI is InChI=1S/C11H10ClNO4/c12-8-3-1-2-7(4-8)9-5-13(6-10(14)15)11(16)17-9/h1-4,9H,5-6H2,(H,14,15). The van der Waals surface area contributed by atoms with Gasteiger partial charge in [0, 0.05) is 5.02 Å². The summed E-state index contributed by atoms with van der Waals surface area (Å²) in [5.41, 5.74) is 0.763. The number of hydrogen-bond acceptors (Lipinski definition) is 3. The number of carboxylic acid groups (broad SMARTS) is 1. The highest BCUT2D eigenvalue weighted by atomic mass is 35.5. The third-order valence-electron chi connectivity index (χ3n) is 2.43. The third kappa shape index (κ3) is 2.68. The van der Waals surface area contributed by atoms with E-state index in [9.17, 15) is 9.59 Å². The number of carbonyl (C=O) groups is 2. The molecule has 1 saturated heterocycles. The van der Waals surface area contributed by atoms with E-state index >= 15 is 0 Å². The third-order valence-corrected chi connectivity index (χ3v) is 2.67. The van der Waals surface area contributed by atoms with Crippen LogP contribution in [-0.2, 0) is 9.53 Å². The predicted octanol–water partition coefficient (Wildman–Crippen LogP) is 1.92. The molecule has 1 atom stereocenters. The van der Waals surface area contributed by atoms with Crippen LogP contribution in [0.2, 0.25) is 5.02 Å². The second kappa shape index (κ2) is 4.63. The van der Waals surface area contributed by atoms with Crippen LogP contribution < -0.4 is 0 Å². The molecule has 1 N–H and O–H groups in total. The molecule has 0 aromatic heterocycles. The smallest absolute Gasteiger partial charge is 0.411 e. The van der Waals surface area contributed by atoms with Crippen molar-refractivity contribution in [3.05, 3.63) is 34.9 Å². The molecule has 5 nitrogen and oxygen atoms in total. The molecule has 1 aliphatic rings. The van der Waals surface area contributed by atoms with Gasteiger partial charge in [-0.05, 0) is 17.7 Å². The number of carbonyl (C=O) groups excluding carboxylic acids is 1. The van der Waals surface area contributed by atoms with E-state index < -0.39 is 18.2 Å². The summed E-state index contributed by atoms with van der Waals surface area (Å²) in [4.78, 5) is 23.1. The number of cyclic esters (lactones) is 1. The van der Waals surface area contributed by atoms with E-state index in [4.69, 9.17) is 21.4 Å². The first kappa shape index (κ1) is 11.7. The van der Waals surface area contributed by atoms with Crippen LogP contribution in [0.25, 0.3) is 0 Å². The Morgan fingerprint density at radius 2 is 2.35 bits per heavy atom. The van der Waals surface area contributed by atoms with Crippen LogP contribution in [0.1, 0.15) is 11.7 Å². The number of hydrogen-bond donors (Lipinski definition) is 1. The Bertz CT molecular complexity index is 463. The van der Waals surface area contributed by atoms with Crippen LogP contribution in [0.15, 0.2) is 24.3 Å². The fourth-order valence-corrected chi connectivity index (χ4v) is 1.88. The van der Waals surface area contributed by atoms with Crippen molar-refractivity contribution in [2.75, 3.05) is 13.1 Å². The van der Waals surface area contributed by atoms with E-state index in [1.54, 1.807) is 24.3 Å². The molecule has 1 aromatic carbocycles. The lowest BCUT2D eigenvalue weighted by molar-refractivity contribution is -0.137. The molecule has 1 fully saturated rings. The normalized spacial score (nSPS) is 19.2. The van der Waals surface area contributed by atoms with Gasteiger partial charge in [-0.25, -0.2) is 4.79 Å². The Kier molecular flexibility index (Phi) is 3.19. The van der Waals surface area contributed by atoms with Crippen molar-refractivity contribution >= 4 is 23.7 Å². The predicted molar refractivity (Wildman–Crippen MR) is 59.9 cm³/mol. The lowest BCUT2D eigenvalue weighted by atomic mass is 10.1. The first-order valence-corrected chi connectivity index (χ1v) is 5.37. The Labute approximate surface area is 103 Å². The largest absolute Gasteiger partial charge is 0.480 e. The van der Waals surface area contributed by atoms with Crippen molar-refractivity contribution in [3.8, 4) is 0 Å². The van der Waals surface area contributed by atoms with E-state index in [0.29, 0.717) is 5.02 Å². The Balaban J connectivity index is 2.11. The van der Waals surface area contributed by atoms with Crippen molar-refractivity contribution in [2.45, 2.75) is 6.10 Å². The number of nitrogens with zero attached hydrogens (tertiary/aromatic N) is 1. The van der Waals surface area contributed by atoms with Crippen molar-refractivity contribution in [2.24, 2.45) is 0 Å². The van der Waals surface area contributed by atoms with Gasteiger partial charge in [0.1, 0.15) is 12.6 Å². The van der Waals surface area contributed by atoms with Crippen LogP contribution in [-0.4, -0.2) is 35.2 Å². The monoisotopic (exact) mass is 255 g/mol. The number of rotatable bonds is 3. The summed E-state index contributed by atoms with van der Waals surface area (Å²) in [5, 5.41) is 9.17. The fraction of sp³-hybridized carbons (Fsp3) is 0.273. The summed E-state index contributed by atoms with van der Waals surface area (Å²) in [7, 11) is 0. The van der Waals surface area contributed by atoms with Gasteiger partial charge in [-0.2, -0.15) is 0 Å². The van der Waals surface area contributed by atoms with E-state index in [1.165, 1.54) is 0 Å². The molecule has 2 rings (SSSR count). The molecule has 6 heteroatoms. The van der Waals surface area contributed by atoms with Crippen molar-refractivity contribution in [1.29, 1.82) is 0 Å². The maximum atomic E-state index is 11.4. The van der Waals surface area contributed by atoms with Gasteiger partial charge in [0.05, 0.1) is 6.54 Å². The molecule has 1 aliphatic heterocycles. The summed E-state index contributed by atoms with van der Waals surface area (Å²) in [6.07, 6.45) is -1.07. The number of carboxylic acids is 1. The molecule has 1 amide bonds. The van der Waals surface area contributed by atoms with Crippen LogP contribution in [0.5, 0.6) is 0 Å². The van der Waals surface area contributed by atoms with Crippen molar-refractivity contribution < 1.29 is 19.4 Å². The first-order chi connectivity index (χ1) is 8.06. The fourth-order valence-electron chi connectivity index (χ4n) is 1.68. The first-order valence-electron chi connectivity index (χ1n) is 4.99. The van der Waals surface area contributed by atoms with Crippen LogP contribution in [0.3, 0.4) is 0 Å². The number of aliphatic carboxylic acids is 1. The van der Waals surface area contributed by atoms with Gasteiger partial charge in [0.2, 0.25) is 0 Å². The summed E-state index contributed by atoms with van der Waals surface area (Å²) >= 11 is 5.83. The SMILES string of the molecule is O=C(O)CN1CC(c2cccc(Cl)c2)OC1=O. The molecule has 0 saturated carbocycles. The molecule has 17 heavy (non-hydrogen) atoms. The lowest BCUT2D eigenvalue weighted by Crippen LogP contribution is -2.30. The highest BCUT2D eigenvalue weighted by molar-refractivity contribution is 6.30. The second-order valence-electron chi connectivity index (χ2n) is 3.70. The molecule has 0 aliphatic carbocycles. The van der Waals surface area contributed by atoms with Gasteiger partial charge in [0.25, 0.3) is 0 Å². The minimum Gasteiger partial charge on any atom is -0.480 e. The van der Waals surface area contributed by atoms with Gasteiger partial charge < -0.3 is 9.84 Å². The topological polar surface area (TPSA) is 66.8 Å². The summed E-state index contributed by atoms with van der Waals surface area (Å²) in [5.74, 6) is -1.06. The summed E-state index contributed by atoms with van der Waals surface area (Å²) < 4.78 is 5.08. The molecule has 1 unspecified atom stereocenters. The van der Waals surface area contributed by atoms with E-state index in [-0.39, 0.29) is 13.1 Å². The molecule has 0 radical (unpaired) electrons. The second-order valence-corrected chi connectivity index (χ2v) is 4.14. The van der Waals surface area contributed by atoms with E-state index in [0.717, 1.165) is 10.5 Å². The molecule has 1 aromatic rings. The quantitative estimate of drug-likeness (QED) is 0.896. The zero-order valence-corrected chi connectivity index (χ0v) is 9.55. The zero-order valence-electron chi connectivity index (χ0n) is 8.80. The lowest BCUT2D eigenvalue weighted by Gasteiger charge is -2.09. The van der Waals surface area contributed by atoms with Crippen molar-refractivity contribution in [3.63, 3.8) is 0 Å². The zero-order chi connectivity index (χ0) is 12.4. The molecule has 90 valence electrons. The number of amides is 1. The molecule has 0 spiro atoms. The number of halogens is 1. The maximum absolute atomic E-state index is 11.4. The minimum absolute atomic E-state index is 0.228. The average molecular weight is 256 g/mol. The Morgan fingerprint density at radius 1 is 1.59 bits per heavy atom. The van der Waals surface area contributed by atoms with Crippen LogP contribution in [0, 0.1) is 0 Å². The number of benzene rings is 1. The summed E-state index contributed by atoms with van der Waals surface area (Å²) in [6.45, 7) is -0.124. The molecule has 0 bridgehead atoms. The Hall–Kier alpha value is -1.75. The number of ether oxygens (including phenoxy) is 1. The average Bonchev–Trinajstić information content (AvgIpc) is 2.59. The highest BCUT2D eigenvalue weighted by Crippen LogP contribution is 2.27. The van der Waals surface area contributed by atoms with Crippen molar-refractivity contribution in [1.82, 2.24) is 4.90 Å². The van der Waals surface area contributed by atoms with Crippen LogP contribution >= 0.6 is 11.6 Å². The van der Waals surface area contributed by atoms with E-state index in [2.05, 4.69) is 0 Å². The summed E-state index contributed by atoms with van der Waals surface area (Å²) in [6, 6.07) is 6.96. The van der Waals surface area contributed by atoms with Gasteiger partial charge in [-0.15, -0.1) is 0 Å². The molecular formula is C11H10ClNO4. The Morgan fingerprint density at radius 3 is 3.00 bits per heavy atom. The molecular weight excluding hydrogens is 246 g/mol. The van der Waals surface area contributed by atoms with Gasteiger partial charge >= 0.3 is 12.1 Å².